The van der Waals surface area contributed by atoms with Gasteiger partial charge in [0.1, 0.15) is 0 Å². The Morgan fingerprint density at radius 1 is 1.38 bits per heavy atom. The fourth-order valence-corrected chi connectivity index (χ4v) is 3.35. The van der Waals surface area contributed by atoms with Gasteiger partial charge in [0.05, 0.1) is 12.1 Å². The van der Waals surface area contributed by atoms with Gasteiger partial charge in [0.15, 0.2) is 0 Å². The zero-order valence-electron chi connectivity index (χ0n) is 13.8. The largest absolute Gasteiger partial charge is 0.383 e. The number of halogens is 1. The van der Waals surface area contributed by atoms with Crippen LogP contribution < -0.4 is 16.0 Å². The molecule has 7 heteroatoms. The van der Waals surface area contributed by atoms with Crippen LogP contribution in [0, 0.1) is 0 Å². The molecule has 0 radical (unpaired) electrons. The number of hydrogen-bond donors (Lipinski definition) is 3. The number of aryl methyl sites for hydroxylation is 1. The third-order valence-electron chi connectivity index (χ3n) is 4.60. The van der Waals surface area contributed by atoms with Gasteiger partial charge in [-0.05, 0) is 49.6 Å². The average Bonchev–Trinajstić information content (AvgIpc) is 3.01. The molecule has 3 N–H and O–H groups in total. The lowest BCUT2D eigenvalue weighted by atomic mass is 9.97. The highest BCUT2D eigenvalue weighted by molar-refractivity contribution is 5.97. The predicted molar refractivity (Wildman–Crippen MR) is 94.8 cm³/mol. The molecule has 0 saturated carbocycles. The molecule has 1 unspecified atom stereocenters. The number of hydrogen-bond acceptors (Lipinski definition) is 4. The van der Waals surface area contributed by atoms with E-state index in [1.54, 1.807) is 19.2 Å². The number of fused-ring (bicyclic) bond motifs is 1. The van der Waals surface area contributed by atoms with Crippen molar-refractivity contribution in [2.45, 2.75) is 31.2 Å². The summed E-state index contributed by atoms with van der Waals surface area (Å²) in [6.07, 6.45) is 3.24. The molecular formula is C17H24ClN3O3. The molecule has 1 atom stereocenters. The maximum atomic E-state index is 12.4. The Bertz CT molecular complexity index is 615. The normalized spacial score (nSPS) is 22.3. The fraction of sp³-hybridized carbons (Fsp3) is 0.529. The van der Waals surface area contributed by atoms with Gasteiger partial charge in [-0.2, -0.15) is 0 Å². The minimum Gasteiger partial charge on any atom is -0.383 e. The van der Waals surface area contributed by atoms with Crippen molar-refractivity contribution in [2.75, 3.05) is 32.1 Å². The Hall–Kier alpha value is -1.63. The van der Waals surface area contributed by atoms with Crippen molar-refractivity contribution >= 4 is 29.9 Å². The third kappa shape index (κ3) is 4.06. The standard InChI is InChI=1S/C17H23N3O3.ClH/c1-23-11-17(7-2-8-19-17)10-18-16(22)13-3-5-14-12(9-13)4-6-15(21)20-14;/h3,5,9,19H,2,4,6-8,10-11H2,1H3,(H,18,22)(H,20,21);1H. The molecule has 3 rings (SSSR count). The minimum absolute atomic E-state index is 0. The molecule has 2 amide bonds. The second-order valence-corrected chi connectivity index (χ2v) is 6.35. The number of nitrogens with one attached hydrogen (secondary N) is 3. The second kappa shape index (κ2) is 7.96. The summed E-state index contributed by atoms with van der Waals surface area (Å²) in [6.45, 7) is 2.09. The summed E-state index contributed by atoms with van der Waals surface area (Å²) in [5.74, 6) is -0.0580. The van der Waals surface area contributed by atoms with E-state index in [9.17, 15) is 9.59 Å². The molecule has 6 nitrogen and oxygen atoms in total. The molecular weight excluding hydrogens is 330 g/mol. The van der Waals surface area contributed by atoms with Crippen molar-refractivity contribution in [2.24, 2.45) is 0 Å². The maximum absolute atomic E-state index is 12.4. The quantitative estimate of drug-likeness (QED) is 0.749. The SMILES string of the molecule is COCC1(CNC(=O)c2ccc3c(c2)CCC(=O)N3)CCCN1.Cl. The molecule has 0 aliphatic carbocycles. The molecule has 2 heterocycles. The van der Waals surface area contributed by atoms with Crippen LogP contribution in [0.5, 0.6) is 0 Å². The first-order chi connectivity index (χ1) is 11.1. The van der Waals surface area contributed by atoms with Crippen molar-refractivity contribution in [1.82, 2.24) is 10.6 Å². The number of anilines is 1. The van der Waals surface area contributed by atoms with Gasteiger partial charge >= 0.3 is 0 Å². The topological polar surface area (TPSA) is 79.5 Å². The van der Waals surface area contributed by atoms with Gasteiger partial charge in [-0.1, -0.05) is 0 Å². The van der Waals surface area contributed by atoms with Crippen molar-refractivity contribution in [1.29, 1.82) is 0 Å². The molecule has 2 aliphatic rings. The van der Waals surface area contributed by atoms with Crippen molar-refractivity contribution in [3.05, 3.63) is 29.3 Å². The lowest BCUT2D eigenvalue weighted by molar-refractivity contribution is -0.116. The molecule has 1 fully saturated rings. The van der Waals surface area contributed by atoms with Crippen molar-refractivity contribution < 1.29 is 14.3 Å². The van der Waals surface area contributed by atoms with E-state index in [1.165, 1.54) is 0 Å². The smallest absolute Gasteiger partial charge is 0.251 e. The zero-order valence-corrected chi connectivity index (χ0v) is 14.6. The molecule has 2 aliphatic heterocycles. The molecule has 0 bridgehead atoms. The van der Waals surface area contributed by atoms with Gasteiger partial charge in [-0.3, -0.25) is 9.59 Å². The fourth-order valence-electron chi connectivity index (χ4n) is 3.35. The van der Waals surface area contributed by atoms with Crippen LogP contribution in [-0.4, -0.2) is 44.2 Å². The number of amides is 2. The summed E-state index contributed by atoms with van der Waals surface area (Å²) in [6, 6.07) is 5.43. The number of methoxy groups -OCH3 is 1. The Morgan fingerprint density at radius 2 is 2.21 bits per heavy atom. The summed E-state index contributed by atoms with van der Waals surface area (Å²) in [5, 5.41) is 9.29. The first-order valence-corrected chi connectivity index (χ1v) is 8.07. The summed E-state index contributed by atoms with van der Waals surface area (Å²) in [4.78, 5) is 23.8. The summed E-state index contributed by atoms with van der Waals surface area (Å²) in [5.41, 5.74) is 2.30. The number of carbonyl (C=O) groups excluding carboxylic acids is 2. The molecule has 132 valence electrons. The monoisotopic (exact) mass is 353 g/mol. The summed E-state index contributed by atoms with van der Waals surface area (Å²) in [7, 11) is 1.68. The predicted octanol–water partition coefficient (Wildman–Crippen LogP) is 1.49. The Balaban J connectivity index is 0.00000208. The Labute approximate surface area is 148 Å². The van der Waals surface area contributed by atoms with Crippen molar-refractivity contribution in [3.63, 3.8) is 0 Å². The average molecular weight is 354 g/mol. The zero-order chi connectivity index (χ0) is 16.3. The van der Waals surface area contributed by atoms with Gasteiger partial charge in [0, 0.05) is 31.3 Å². The number of benzene rings is 1. The van der Waals surface area contributed by atoms with E-state index >= 15 is 0 Å². The van der Waals surface area contributed by atoms with E-state index in [0.29, 0.717) is 31.6 Å². The lowest BCUT2D eigenvalue weighted by Gasteiger charge is -2.29. The van der Waals surface area contributed by atoms with Crippen LogP contribution in [0.3, 0.4) is 0 Å². The molecule has 1 aromatic rings. The highest BCUT2D eigenvalue weighted by atomic mass is 35.5. The van der Waals surface area contributed by atoms with Gasteiger partial charge < -0.3 is 20.7 Å². The summed E-state index contributed by atoms with van der Waals surface area (Å²) >= 11 is 0. The van der Waals surface area contributed by atoms with Gasteiger partial charge in [0.25, 0.3) is 5.91 Å². The maximum Gasteiger partial charge on any atom is 0.251 e. The van der Waals surface area contributed by atoms with E-state index in [2.05, 4.69) is 16.0 Å². The minimum atomic E-state index is -0.160. The molecule has 1 aromatic carbocycles. The highest BCUT2D eigenvalue weighted by Gasteiger charge is 2.33. The summed E-state index contributed by atoms with van der Waals surface area (Å²) < 4.78 is 5.30. The van der Waals surface area contributed by atoms with E-state index in [-0.39, 0.29) is 29.8 Å². The van der Waals surface area contributed by atoms with Gasteiger partial charge in [0.2, 0.25) is 5.91 Å². The highest BCUT2D eigenvalue weighted by Crippen LogP contribution is 2.24. The van der Waals surface area contributed by atoms with Crippen LogP contribution in [0.1, 0.15) is 35.2 Å². The first-order valence-electron chi connectivity index (χ1n) is 8.07. The number of rotatable bonds is 5. The Kier molecular flexibility index (Phi) is 6.21. The van der Waals surface area contributed by atoms with Crippen LogP contribution in [0.15, 0.2) is 18.2 Å². The Morgan fingerprint density at radius 3 is 2.92 bits per heavy atom. The van der Waals surface area contributed by atoms with Crippen LogP contribution >= 0.6 is 12.4 Å². The second-order valence-electron chi connectivity index (χ2n) is 6.35. The number of ether oxygens (including phenoxy) is 1. The van der Waals surface area contributed by atoms with Crippen LogP contribution in [0.25, 0.3) is 0 Å². The molecule has 0 spiro atoms. The molecule has 0 aromatic heterocycles. The van der Waals surface area contributed by atoms with Crippen LogP contribution in [-0.2, 0) is 16.0 Å². The van der Waals surface area contributed by atoms with Crippen LogP contribution in [0.2, 0.25) is 0 Å². The van der Waals surface area contributed by atoms with E-state index in [0.717, 1.165) is 30.6 Å². The van der Waals surface area contributed by atoms with E-state index in [4.69, 9.17) is 4.74 Å². The number of carbonyl (C=O) groups is 2. The van der Waals surface area contributed by atoms with Crippen molar-refractivity contribution in [3.8, 4) is 0 Å². The molecule has 1 saturated heterocycles. The van der Waals surface area contributed by atoms with E-state index in [1.807, 2.05) is 6.07 Å². The van der Waals surface area contributed by atoms with Gasteiger partial charge in [-0.25, -0.2) is 0 Å². The van der Waals surface area contributed by atoms with Gasteiger partial charge in [-0.15, -0.1) is 12.4 Å². The lowest BCUT2D eigenvalue weighted by Crippen LogP contribution is -2.53. The first kappa shape index (κ1) is 18.7. The molecule has 24 heavy (non-hydrogen) atoms. The third-order valence-corrected chi connectivity index (χ3v) is 4.60. The van der Waals surface area contributed by atoms with Crippen LogP contribution in [0.4, 0.5) is 5.69 Å². The van der Waals surface area contributed by atoms with E-state index < -0.39 is 0 Å².